The molecule has 1 atom stereocenters. The molecule has 2 aromatic rings. The molecular weight excluding hydrogens is 366 g/mol. The maximum Gasteiger partial charge on any atom is 0.287 e. The summed E-state index contributed by atoms with van der Waals surface area (Å²) in [5.74, 6) is 1.03. The molecule has 2 fully saturated rings. The van der Waals surface area contributed by atoms with Crippen molar-refractivity contribution in [1.82, 2.24) is 19.8 Å². The molecule has 27 heavy (non-hydrogen) atoms. The summed E-state index contributed by atoms with van der Waals surface area (Å²) in [6, 6.07) is 5.56. The highest BCUT2D eigenvalue weighted by Gasteiger charge is 2.56. The number of nitrogens with zero attached hydrogens (tertiary/aromatic N) is 4. The van der Waals surface area contributed by atoms with Crippen LogP contribution in [0, 0.1) is 15.5 Å². The normalized spacial score (nSPS) is 20.9. The van der Waals surface area contributed by atoms with E-state index in [-0.39, 0.29) is 10.7 Å². The van der Waals surface area contributed by atoms with E-state index in [1.165, 1.54) is 25.3 Å². The maximum absolute atomic E-state index is 11.0. The molecule has 0 bridgehead atoms. The van der Waals surface area contributed by atoms with Crippen molar-refractivity contribution in [1.29, 1.82) is 0 Å². The number of rotatable bonds is 6. The van der Waals surface area contributed by atoms with Crippen LogP contribution in [-0.2, 0) is 20.1 Å². The molecule has 1 aliphatic heterocycles. The lowest BCUT2D eigenvalue weighted by Crippen LogP contribution is -2.36. The van der Waals surface area contributed by atoms with E-state index in [2.05, 4.69) is 15.2 Å². The largest absolute Gasteiger partial charge is 0.337 e. The molecular formula is C19H24ClN5O2. The Morgan fingerprint density at radius 1 is 1.41 bits per heavy atom. The summed E-state index contributed by atoms with van der Waals surface area (Å²) in [6.45, 7) is 3.63. The number of benzene rings is 1. The second-order valence-corrected chi connectivity index (χ2v) is 8.14. The Morgan fingerprint density at radius 3 is 2.81 bits per heavy atom. The van der Waals surface area contributed by atoms with Gasteiger partial charge >= 0.3 is 0 Å². The van der Waals surface area contributed by atoms with Crippen molar-refractivity contribution < 1.29 is 4.92 Å². The molecule has 1 saturated carbocycles. The smallest absolute Gasteiger partial charge is 0.287 e. The number of nitrogens with one attached hydrogen (secondary N) is 1. The van der Waals surface area contributed by atoms with Crippen LogP contribution >= 0.6 is 11.6 Å². The van der Waals surface area contributed by atoms with Gasteiger partial charge in [-0.1, -0.05) is 17.7 Å². The highest BCUT2D eigenvalue weighted by Crippen LogP contribution is 2.56. The fourth-order valence-electron chi connectivity index (χ4n) is 4.34. The standard InChI is InChI=1S/C19H24ClN5O2/c1-23-9-8-22-18(23)13-24(17-11-19(17)4-6-21-7-5-19)12-14-2-3-16(25(26)27)15(20)10-14/h2-3,8-10,17,21H,4-7,11-13H2,1H3. The van der Waals surface area contributed by atoms with Gasteiger partial charge in [-0.3, -0.25) is 15.0 Å². The average Bonchev–Trinajstić information content (AvgIpc) is 3.16. The van der Waals surface area contributed by atoms with E-state index in [4.69, 9.17) is 11.6 Å². The van der Waals surface area contributed by atoms with Gasteiger partial charge in [0.05, 0.1) is 11.5 Å². The van der Waals surface area contributed by atoms with Crippen molar-refractivity contribution in [3.05, 3.63) is 57.1 Å². The van der Waals surface area contributed by atoms with Crippen LogP contribution in [0.25, 0.3) is 0 Å². The van der Waals surface area contributed by atoms with E-state index in [1.54, 1.807) is 6.07 Å². The van der Waals surface area contributed by atoms with Gasteiger partial charge in [-0.05, 0) is 49.4 Å². The van der Waals surface area contributed by atoms with Crippen molar-refractivity contribution in [3.63, 3.8) is 0 Å². The molecule has 0 amide bonds. The minimum absolute atomic E-state index is 0.0442. The molecule has 1 aliphatic carbocycles. The number of aryl methyl sites for hydroxylation is 1. The molecule has 1 aromatic heterocycles. The Labute approximate surface area is 163 Å². The SMILES string of the molecule is Cn1ccnc1CN(Cc1ccc([N+](=O)[O-])c(Cl)c1)C1CC12CCNCC2. The van der Waals surface area contributed by atoms with Gasteiger partial charge in [-0.15, -0.1) is 0 Å². The van der Waals surface area contributed by atoms with Crippen molar-refractivity contribution >= 4 is 17.3 Å². The highest BCUT2D eigenvalue weighted by atomic mass is 35.5. The highest BCUT2D eigenvalue weighted by molar-refractivity contribution is 6.32. The molecule has 7 nitrogen and oxygen atoms in total. The van der Waals surface area contributed by atoms with Gasteiger partial charge in [0.15, 0.2) is 0 Å². The number of nitro benzene ring substituents is 1. The summed E-state index contributed by atoms with van der Waals surface area (Å²) >= 11 is 6.13. The minimum Gasteiger partial charge on any atom is -0.337 e. The van der Waals surface area contributed by atoms with E-state index in [0.29, 0.717) is 18.0 Å². The molecule has 144 valence electrons. The average molecular weight is 390 g/mol. The Hall–Kier alpha value is -1.96. The first-order valence-electron chi connectivity index (χ1n) is 9.32. The van der Waals surface area contributed by atoms with E-state index < -0.39 is 4.92 Å². The van der Waals surface area contributed by atoms with Crippen LogP contribution in [0.4, 0.5) is 5.69 Å². The molecule has 0 radical (unpaired) electrons. The molecule has 8 heteroatoms. The molecule has 1 saturated heterocycles. The summed E-state index contributed by atoms with van der Waals surface area (Å²) in [5.41, 5.74) is 1.36. The number of nitro groups is 1. The van der Waals surface area contributed by atoms with Crippen LogP contribution in [0.2, 0.25) is 5.02 Å². The Kier molecular flexibility index (Phi) is 4.92. The van der Waals surface area contributed by atoms with Gasteiger partial charge in [0.25, 0.3) is 5.69 Å². The third-order valence-corrected chi connectivity index (χ3v) is 6.35. The molecule has 1 aromatic carbocycles. The molecule has 1 unspecified atom stereocenters. The van der Waals surface area contributed by atoms with Crippen molar-refractivity contribution in [3.8, 4) is 0 Å². The molecule has 1 N–H and O–H groups in total. The molecule has 4 rings (SSSR count). The quantitative estimate of drug-likeness (QED) is 0.606. The third kappa shape index (κ3) is 3.72. The summed E-state index contributed by atoms with van der Waals surface area (Å²) in [6.07, 6.45) is 7.40. The number of halogens is 1. The minimum atomic E-state index is -0.442. The van der Waals surface area contributed by atoms with Crippen LogP contribution in [0.1, 0.15) is 30.7 Å². The maximum atomic E-state index is 11.0. The van der Waals surface area contributed by atoms with Gasteiger partial charge in [-0.25, -0.2) is 4.98 Å². The zero-order chi connectivity index (χ0) is 19.0. The van der Waals surface area contributed by atoms with Gasteiger partial charge in [-0.2, -0.15) is 0 Å². The van der Waals surface area contributed by atoms with Gasteiger partial charge < -0.3 is 9.88 Å². The van der Waals surface area contributed by atoms with Crippen LogP contribution < -0.4 is 5.32 Å². The van der Waals surface area contributed by atoms with Crippen LogP contribution in [0.15, 0.2) is 30.6 Å². The number of hydrogen-bond acceptors (Lipinski definition) is 5. The van der Waals surface area contributed by atoms with Crippen LogP contribution in [0.3, 0.4) is 0 Å². The van der Waals surface area contributed by atoms with Crippen LogP contribution in [0.5, 0.6) is 0 Å². The zero-order valence-corrected chi connectivity index (χ0v) is 16.2. The van der Waals surface area contributed by atoms with E-state index in [9.17, 15) is 10.1 Å². The lowest BCUT2D eigenvalue weighted by atomic mass is 9.93. The first-order chi connectivity index (χ1) is 13.0. The van der Waals surface area contributed by atoms with Gasteiger partial charge in [0.2, 0.25) is 0 Å². The zero-order valence-electron chi connectivity index (χ0n) is 15.4. The van der Waals surface area contributed by atoms with E-state index >= 15 is 0 Å². The molecule has 2 heterocycles. The Balaban J connectivity index is 1.56. The second-order valence-electron chi connectivity index (χ2n) is 7.73. The number of piperidine rings is 1. The van der Waals surface area contributed by atoms with Crippen LogP contribution in [-0.4, -0.2) is 38.5 Å². The van der Waals surface area contributed by atoms with Gasteiger partial charge in [0, 0.05) is 38.1 Å². The fourth-order valence-corrected chi connectivity index (χ4v) is 4.61. The first-order valence-corrected chi connectivity index (χ1v) is 9.70. The predicted molar refractivity (Wildman–Crippen MR) is 104 cm³/mol. The Bertz CT molecular complexity index is 846. The fraction of sp³-hybridized carbons (Fsp3) is 0.526. The number of imidazole rings is 1. The topological polar surface area (TPSA) is 76.2 Å². The summed E-state index contributed by atoms with van der Waals surface area (Å²) in [7, 11) is 2.01. The van der Waals surface area contributed by atoms with Gasteiger partial charge in [0.1, 0.15) is 10.8 Å². The predicted octanol–water partition coefficient (Wildman–Crippen LogP) is 3.13. The lowest BCUT2D eigenvalue weighted by molar-refractivity contribution is -0.384. The number of aromatic nitrogens is 2. The molecule has 1 spiro atoms. The Morgan fingerprint density at radius 2 is 2.19 bits per heavy atom. The number of hydrogen-bond donors (Lipinski definition) is 1. The summed E-state index contributed by atoms with van der Waals surface area (Å²) in [5, 5.41) is 14.7. The van der Waals surface area contributed by atoms with Crippen molar-refractivity contribution in [2.45, 2.75) is 38.4 Å². The van der Waals surface area contributed by atoms with E-state index in [0.717, 1.165) is 31.0 Å². The van der Waals surface area contributed by atoms with Crippen molar-refractivity contribution in [2.75, 3.05) is 13.1 Å². The monoisotopic (exact) mass is 389 g/mol. The summed E-state index contributed by atoms with van der Waals surface area (Å²) < 4.78 is 2.05. The lowest BCUT2D eigenvalue weighted by Gasteiger charge is -2.29. The van der Waals surface area contributed by atoms with Crippen molar-refractivity contribution in [2.24, 2.45) is 12.5 Å². The first kappa shape index (κ1) is 18.4. The third-order valence-electron chi connectivity index (χ3n) is 6.05. The second kappa shape index (κ2) is 7.22. The van der Waals surface area contributed by atoms with E-state index in [1.807, 2.05) is 30.1 Å². The molecule has 2 aliphatic rings. The summed E-state index contributed by atoms with van der Waals surface area (Å²) in [4.78, 5) is 17.5.